The molecule has 1 aliphatic rings. The van der Waals surface area contributed by atoms with Crippen LogP contribution in [0.2, 0.25) is 0 Å². The Kier molecular flexibility index (Phi) is 3.84. The molecule has 0 saturated carbocycles. The molecular formula is C16H21NO3. The summed E-state index contributed by atoms with van der Waals surface area (Å²) in [6, 6.07) is 9.63. The van der Waals surface area contributed by atoms with Gasteiger partial charge in [-0.05, 0) is 25.8 Å². The summed E-state index contributed by atoms with van der Waals surface area (Å²) in [7, 11) is 0. The topological polar surface area (TPSA) is 57.6 Å². The fraction of sp³-hybridized carbons (Fsp3) is 0.500. The third-order valence-electron chi connectivity index (χ3n) is 4.50. The van der Waals surface area contributed by atoms with Crippen molar-refractivity contribution in [3.8, 4) is 0 Å². The number of carboxylic acids is 1. The molecule has 20 heavy (non-hydrogen) atoms. The van der Waals surface area contributed by atoms with Gasteiger partial charge in [-0.3, -0.25) is 9.59 Å². The molecule has 4 nitrogen and oxygen atoms in total. The fourth-order valence-electron chi connectivity index (χ4n) is 3.10. The van der Waals surface area contributed by atoms with Gasteiger partial charge in [0, 0.05) is 6.54 Å². The highest BCUT2D eigenvalue weighted by molar-refractivity contribution is 5.91. The summed E-state index contributed by atoms with van der Waals surface area (Å²) in [5.41, 5.74) is 0.0415. The highest BCUT2D eigenvalue weighted by Crippen LogP contribution is 2.42. The second-order valence-corrected chi connectivity index (χ2v) is 5.74. The Bertz CT molecular complexity index is 514. The lowest BCUT2D eigenvalue weighted by molar-refractivity contribution is -0.150. The van der Waals surface area contributed by atoms with Crippen LogP contribution in [0.1, 0.15) is 38.8 Å². The Morgan fingerprint density at radius 2 is 2.05 bits per heavy atom. The van der Waals surface area contributed by atoms with Crippen LogP contribution in [0, 0.1) is 11.3 Å². The van der Waals surface area contributed by atoms with E-state index in [4.69, 9.17) is 0 Å². The maximum Gasteiger partial charge on any atom is 0.311 e. The molecule has 0 radical (unpaired) electrons. The van der Waals surface area contributed by atoms with Gasteiger partial charge in [0.05, 0.1) is 17.4 Å². The van der Waals surface area contributed by atoms with Gasteiger partial charge in [-0.15, -0.1) is 0 Å². The zero-order chi connectivity index (χ0) is 14.9. The molecule has 1 amide bonds. The van der Waals surface area contributed by atoms with E-state index in [1.807, 2.05) is 44.2 Å². The lowest BCUT2D eigenvalue weighted by Gasteiger charge is -2.26. The Morgan fingerprint density at radius 1 is 1.45 bits per heavy atom. The molecule has 1 aromatic rings. The Morgan fingerprint density at radius 3 is 2.50 bits per heavy atom. The minimum Gasteiger partial charge on any atom is -0.481 e. The number of likely N-dealkylation sites (tertiary alicyclic amines) is 1. The Labute approximate surface area is 119 Å². The highest BCUT2D eigenvalue weighted by atomic mass is 16.4. The molecule has 0 aliphatic carbocycles. The Balaban J connectivity index is 2.31. The van der Waals surface area contributed by atoms with Crippen LogP contribution in [0.25, 0.3) is 0 Å². The second-order valence-electron chi connectivity index (χ2n) is 5.74. The van der Waals surface area contributed by atoms with Crippen LogP contribution >= 0.6 is 0 Å². The summed E-state index contributed by atoms with van der Waals surface area (Å²) in [4.78, 5) is 25.8. The van der Waals surface area contributed by atoms with E-state index in [0.29, 0.717) is 6.42 Å². The largest absolute Gasteiger partial charge is 0.481 e. The molecule has 0 unspecified atom stereocenters. The third kappa shape index (κ3) is 2.19. The smallest absolute Gasteiger partial charge is 0.311 e. The van der Waals surface area contributed by atoms with Crippen molar-refractivity contribution >= 4 is 11.9 Å². The normalized spacial score (nSPS) is 27.6. The Hall–Kier alpha value is -1.84. The summed E-state index contributed by atoms with van der Waals surface area (Å²) in [5, 5.41) is 9.48. The number of hydrogen-bond donors (Lipinski definition) is 1. The van der Waals surface area contributed by atoms with Crippen molar-refractivity contribution in [1.82, 2.24) is 4.90 Å². The first-order chi connectivity index (χ1) is 9.41. The van der Waals surface area contributed by atoms with Gasteiger partial charge in [-0.1, -0.05) is 37.3 Å². The van der Waals surface area contributed by atoms with Crippen molar-refractivity contribution in [2.24, 2.45) is 11.3 Å². The first kappa shape index (κ1) is 14.6. The van der Waals surface area contributed by atoms with Crippen molar-refractivity contribution < 1.29 is 14.7 Å². The quantitative estimate of drug-likeness (QED) is 0.919. The predicted molar refractivity (Wildman–Crippen MR) is 76.1 cm³/mol. The molecule has 1 heterocycles. The molecule has 0 aromatic heterocycles. The summed E-state index contributed by atoms with van der Waals surface area (Å²) in [6.45, 7) is 5.78. The van der Waals surface area contributed by atoms with Crippen LogP contribution in [0.3, 0.4) is 0 Å². The van der Waals surface area contributed by atoms with E-state index >= 15 is 0 Å². The van der Waals surface area contributed by atoms with Crippen molar-refractivity contribution in [3.05, 3.63) is 35.9 Å². The molecule has 1 aromatic carbocycles. The van der Waals surface area contributed by atoms with Gasteiger partial charge in [0.1, 0.15) is 0 Å². The van der Waals surface area contributed by atoms with E-state index in [0.717, 1.165) is 5.56 Å². The van der Waals surface area contributed by atoms with Crippen molar-refractivity contribution in [3.63, 3.8) is 0 Å². The molecule has 3 atom stereocenters. The highest BCUT2D eigenvalue weighted by Gasteiger charge is 2.54. The zero-order valence-electron chi connectivity index (χ0n) is 12.2. The molecule has 4 heteroatoms. The number of hydrogen-bond acceptors (Lipinski definition) is 2. The summed E-state index contributed by atoms with van der Waals surface area (Å²) in [5.74, 6) is -1.37. The molecule has 1 N–H and O–H groups in total. The van der Waals surface area contributed by atoms with Gasteiger partial charge in [-0.25, -0.2) is 0 Å². The number of aliphatic carboxylic acids is 1. The average molecular weight is 275 g/mol. The number of carboxylic acid groups (broad SMARTS) is 1. The van der Waals surface area contributed by atoms with Gasteiger partial charge in [-0.2, -0.15) is 0 Å². The van der Waals surface area contributed by atoms with Crippen LogP contribution < -0.4 is 0 Å². The SMILES string of the molecule is CC[C@H]1C(=O)N([C@H](C)c2ccccc2)C[C@]1(C)C(=O)O. The number of rotatable bonds is 4. The van der Waals surface area contributed by atoms with Crippen molar-refractivity contribution in [2.75, 3.05) is 6.54 Å². The molecular weight excluding hydrogens is 254 g/mol. The van der Waals surface area contributed by atoms with E-state index in [9.17, 15) is 14.7 Å². The number of nitrogens with zero attached hydrogens (tertiary/aromatic N) is 1. The fourth-order valence-corrected chi connectivity index (χ4v) is 3.10. The van der Waals surface area contributed by atoms with E-state index < -0.39 is 17.3 Å². The second kappa shape index (κ2) is 5.27. The minimum absolute atomic E-state index is 0.0475. The molecule has 108 valence electrons. The zero-order valence-corrected chi connectivity index (χ0v) is 12.2. The monoisotopic (exact) mass is 275 g/mol. The van der Waals surface area contributed by atoms with Crippen molar-refractivity contribution in [1.29, 1.82) is 0 Å². The van der Waals surface area contributed by atoms with Crippen molar-refractivity contribution in [2.45, 2.75) is 33.2 Å². The van der Waals surface area contributed by atoms with E-state index in [-0.39, 0.29) is 18.5 Å². The van der Waals surface area contributed by atoms with E-state index in [2.05, 4.69) is 0 Å². The standard InChI is InChI=1S/C16H21NO3/c1-4-13-14(18)17(10-16(13,3)15(19)20)11(2)12-8-6-5-7-9-12/h5-9,11,13H,4,10H2,1-3H3,(H,19,20)/t11-,13+,16+/m1/s1. The maximum absolute atomic E-state index is 12.5. The maximum atomic E-state index is 12.5. The predicted octanol–water partition coefficient (Wildman–Crippen LogP) is 2.71. The number of carbonyl (C=O) groups excluding carboxylic acids is 1. The molecule has 2 rings (SSSR count). The number of carbonyl (C=O) groups is 2. The van der Waals surface area contributed by atoms with Crippen LogP contribution in [0.4, 0.5) is 0 Å². The number of amides is 1. The lowest BCUT2D eigenvalue weighted by Crippen LogP contribution is -2.36. The van der Waals surface area contributed by atoms with E-state index in [1.54, 1.807) is 11.8 Å². The molecule has 0 bridgehead atoms. The molecule has 0 spiro atoms. The summed E-state index contributed by atoms with van der Waals surface area (Å²) in [6.07, 6.45) is 0.555. The number of benzene rings is 1. The first-order valence-corrected chi connectivity index (χ1v) is 7.00. The van der Waals surface area contributed by atoms with Gasteiger partial charge in [0.15, 0.2) is 0 Å². The average Bonchev–Trinajstić information content (AvgIpc) is 2.71. The first-order valence-electron chi connectivity index (χ1n) is 7.00. The lowest BCUT2D eigenvalue weighted by atomic mass is 9.78. The third-order valence-corrected chi connectivity index (χ3v) is 4.50. The van der Waals surface area contributed by atoms with Crippen LogP contribution in [-0.2, 0) is 9.59 Å². The molecule has 1 fully saturated rings. The van der Waals surface area contributed by atoms with Gasteiger partial charge in [0.25, 0.3) is 0 Å². The minimum atomic E-state index is -0.991. The molecule has 1 aliphatic heterocycles. The van der Waals surface area contributed by atoms with Gasteiger partial charge >= 0.3 is 5.97 Å². The summed E-state index contributed by atoms with van der Waals surface area (Å²) >= 11 is 0. The van der Waals surface area contributed by atoms with E-state index in [1.165, 1.54) is 0 Å². The van der Waals surface area contributed by atoms with Crippen LogP contribution in [0.5, 0.6) is 0 Å². The van der Waals surface area contributed by atoms with Crippen LogP contribution in [-0.4, -0.2) is 28.4 Å². The van der Waals surface area contributed by atoms with Gasteiger partial charge in [0.2, 0.25) is 5.91 Å². The van der Waals surface area contributed by atoms with Gasteiger partial charge < -0.3 is 10.0 Å². The molecule has 1 saturated heterocycles. The van der Waals surface area contributed by atoms with Crippen LogP contribution in [0.15, 0.2) is 30.3 Å². The summed E-state index contributed by atoms with van der Waals surface area (Å²) < 4.78 is 0.